The summed E-state index contributed by atoms with van der Waals surface area (Å²) in [5.74, 6) is 0.382. The first-order valence-corrected chi connectivity index (χ1v) is 7.78. The molecule has 1 heterocycles. The number of Topliss-reactive ketones (excluding diaryl/α,β-unsaturated/α-hetero) is 1. The first-order valence-electron chi connectivity index (χ1n) is 4.86. The van der Waals surface area contributed by atoms with Gasteiger partial charge in [-0.3, -0.25) is 4.79 Å². The van der Waals surface area contributed by atoms with Gasteiger partial charge in [-0.1, -0.05) is 41.3 Å². The molecule has 82 valence electrons. The van der Waals surface area contributed by atoms with E-state index in [2.05, 4.69) is 10.2 Å². The Morgan fingerprint density at radius 2 is 2.13 bits per heavy atom. The van der Waals surface area contributed by atoms with E-state index in [4.69, 9.17) is 0 Å². The van der Waals surface area contributed by atoms with Gasteiger partial charge < -0.3 is 0 Å². The third-order valence-electron chi connectivity index (χ3n) is 2.30. The Bertz CT molecular complexity index is 353. The van der Waals surface area contributed by atoms with Gasteiger partial charge in [-0.25, -0.2) is 0 Å². The maximum absolute atomic E-state index is 11.6. The lowest BCUT2D eigenvalue weighted by atomic mass is 9.99. The summed E-state index contributed by atoms with van der Waals surface area (Å²) < 4.78 is 1.90. The smallest absolute Gasteiger partial charge is 0.175 e. The monoisotopic (exact) mass is 260 g/mol. The van der Waals surface area contributed by atoms with Crippen molar-refractivity contribution in [1.82, 2.24) is 10.2 Å². The first kappa shape index (κ1) is 11.4. The van der Waals surface area contributed by atoms with Gasteiger partial charge in [0.25, 0.3) is 0 Å². The van der Waals surface area contributed by atoms with Crippen LogP contribution in [0.2, 0.25) is 0 Å². The van der Waals surface area contributed by atoms with Crippen molar-refractivity contribution in [1.29, 1.82) is 0 Å². The Kier molecular flexibility index (Phi) is 4.05. The number of hydrogen-bond donors (Lipinski definition) is 0. The van der Waals surface area contributed by atoms with E-state index in [1.54, 1.807) is 34.9 Å². The van der Waals surface area contributed by atoms with Crippen LogP contribution in [0.1, 0.15) is 25.7 Å². The van der Waals surface area contributed by atoms with Crippen LogP contribution in [0, 0.1) is 0 Å². The predicted octanol–water partition coefficient (Wildman–Crippen LogP) is 2.86. The molecule has 1 aliphatic rings. The highest BCUT2D eigenvalue weighted by Gasteiger charge is 2.24. The molecule has 0 aromatic carbocycles. The van der Waals surface area contributed by atoms with Crippen molar-refractivity contribution in [2.24, 2.45) is 0 Å². The predicted molar refractivity (Wildman–Crippen MR) is 64.8 cm³/mol. The maximum atomic E-state index is 11.6. The highest BCUT2D eigenvalue weighted by molar-refractivity contribution is 8.03. The summed E-state index contributed by atoms with van der Waals surface area (Å²) >= 11 is 4.77. The molecule has 15 heavy (non-hydrogen) atoms. The number of hydrogen-bond acceptors (Lipinski definition) is 6. The minimum atomic E-state index is 0.126. The van der Waals surface area contributed by atoms with Crippen LogP contribution >= 0.6 is 34.9 Å². The van der Waals surface area contributed by atoms with Crippen molar-refractivity contribution in [2.45, 2.75) is 39.6 Å². The molecule has 1 saturated carbocycles. The molecule has 1 aliphatic carbocycles. The lowest BCUT2D eigenvalue weighted by molar-refractivity contribution is -0.119. The highest BCUT2D eigenvalue weighted by atomic mass is 32.2. The number of ketones is 1. The number of carbonyl (C=O) groups excluding carboxylic acids is 1. The van der Waals surface area contributed by atoms with Crippen LogP contribution in [0.3, 0.4) is 0 Å². The largest absolute Gasteiger partial charge is 0.298 e. The highest BCUT2D eigenvalue weighted by Crippen LogP contribution is 2.34. The molecule has 6 heteroatoms. The van der Waals surface area contributed by atoms with Crippen LogP contribution in [-0.2, 0) is 4.79 Å². The summed E-state index contributed by atoms with van der Waals surface area (Å²) in [4.78, 5) is 11.6. The van der Waals surface area contributed by atoms with E-state index < -0.39 is 0 Å². The quantitative estimate of drug-likeness (QED) is 0.782. The number of nitrogens with zero attached hydrogens (tertiary/aromatic N) is 2. The Morgan fingerprint density at radius 1 is 1.33 bits per heavy atom. The Balaban J connectivity index is 1.98. The summed E-state index contributed by atoms with van der Waals surface area (Å²) in [5, 5.41) is 8.22. The molecule has 2 rings (SSSR count). The minimum absolute atomic E-state index is 0.126. The summed E-state index contributed by atoms with van der Waals surface area (Å²) in [6.07, 6.45) is 5.95. The second-order valence-electron chi connectivity index (χ2n) is 3.36. The Morgan fingerprint density at radius 3 is 2.80 bits per heavy atom. The second-order valence-corrected chi connectivity index (χ2v) is 6.84. The lowest BCUT2D eigenvalue weighted by Gasteiger charge is -2.17. The van der Waals surface area contributed by atoms with Gasteiger partial charge in [0.1, 0.15) is 5.78 Å². The molecule has 1 aromatic rings. The molecular formula is C9H12N2OS3. The third kappa shape index (κ3) is 2.95. The van der Waals surface area contributed by atoms with Crippen LogP contribution in [-0.4, -0.2) is 27.5 Å². The zero-order valence-corrected chi connectivity index (χ0v) is 10.9. The molecular weight excluding hydrogens is 248 g/mol. The SMILES string of the molecule is CSc1nnc(SC2CCCCC2=O)s1. The van der Waals surface area contributed by atoms with Crippen LogP contribution in [0.15, 0.2) is 8.68 Å². The molecule has 0 saturated heterocycles. The van der Waals surface area contributed by atoms with Gasteiger partial charge in [-0.2, -0.15) is 0 Å². The molecule has 1 unspecified atom stereocenters. The van der Waals surface area contributed by atoms with Crippen LogP contribution in [0.5, 0.6) is 0 Å². The van der Waals surface area contributed by atoms with Gasteiger partial charge in [-0.05, 0) is 19.1 Å². The molecule has 1 aromatic heterocycles. The first-order chi connectivity index (χ1) is 7.29. The summed E-state index contributed by atoms with van der Waals surface area (Å²) in [5.41, 5.74) is 0. The molecule has 0 N–H and O–H groups in total. The number of aromatic nitrogens is 2. The van der Waals surface area contributed by atoms with Gasteiger partial charge in [0.2, 0.25) is 0 Å². The molecule has 0 aliphatic heterocycles. The van der Waals surface area contributed by atoms with Crippen molar-refractivity contribution in [3.05, 3.63) is 0 Å². The van der Waals surface area contributed by atoms with Gasteiger partial charge in [0, 0.05) is 6.42 Å². The van der Waals surface area contributed by atoms with Crippen molar-refractivity contribution >= 4 is 40.6 Å². The standard InChI is InChI=1S/C9H12N2OS3/c1-13-8-10-11-9(15-8)14-7-5-3-2-4-6(7)12/h7H,2-5H2,1H3. The Hall–Kier alpha value is -0.0700. The summed E-state index contributed by atoms with van der Waals surface area (Å²) in [6, 6.07) is 0. The molecule has 0 radical (unpaired) electrons. The van der Waals surface area contributed by atoms with E-state index in [0.29, 0.717) is 5.78 Å². The van der Waals surface area contributed by atoms with Crippen molar-refractivity contribution in [3.8, 4) is 0 Å². The van der Waals surface area contributed by atoms with E-state index in [-0.39, 0.29) is 5.25 Å². The number of thioether (sulfide) groups is 2. The van der Waals surface area contributed by atoms with E-state index >= 15 is 0 Å². The topological polar surface area (TPSA) is 42.9 Å². The zero-order chi connectivity index (χ0) is 10.7. The van der Waals surface area contributed by atoms with Crippen LogP contribution < -0.4 is 0 Å². The summed E-state index contributed by atoms with van der Waals surface area (Å²) in [6.45, 7) is 0. The van der Waals surface area contributed by atoms with Gasteiger partial charge in [0.05, 0.1) is 5.25 Å². The average molecular weight is 260 g/mol. The normalized spacial score (nSPS) is 21.9. The second kappa shape index (κ2) is 5.32. The number of rotatable bonds is 3. The molecule has 0 spiro atoms. The van der Waals surface area contributed by atoms with Crippen molar-refractivity contribution in [2.75, 3.05) is 6.26 Å². The fourth-order valence-corrected chi connectivity index (χ4v) is 4.33. The fourth-order valence-electron chi connectivity index (χ4n) is 1.52. The summed E-state index contributed by atoms with van der Waals surface area (Å²) in [7, 11) is 0. The molecule has 0 amide bonds. The van der Waals surface area contributed by atoms with E-state index in [1.165, 1.54) is 0 Å². The fraction of sp³-hybridized carbons (Fsp3) is 0.667. The van der Waals surface area contributed by atoms with Crippen molar-refractivity contribution in [3.63, 3.8) is 0 Å². The van der Waals surface area contributed by atoms with Crippen LogP contribution in [0.25, 0.3) is 0 Å². The van der Waals surface area contributed by atoms with E-state index in [9.17, 15) is 4.79 Å². The molecule has 1 atom stereocenters. The number of carbonyl (C=O) groups is 1. The Labute approximate surface area is 101 Å². The van der Waals surface area contributed by atoms with Crippen LogP contribution in [0.4, 0.5) is 0 Å². The molecule has 0 bridgehead atoms. The van der Waals surface area contributed by atoms with E-state index in [1.807, 2.05) is 6.26 Å². The van der Waals surface area contributed by atoms with Gasteiger partial charge in [-0.15, -0.1) is 10.2 Å². The lowest BCUT2D eigenvalue weighted by Crippen LogP contribution is -2.21. The van der Waals surface area contributed by atoms with Gasteiger partial charge >= 0.3 is 0 Å². The van der Waals surface area contributed by atoms with Crippen molar-refractivity contribution < 1.29 is 4.79 Å². The maximum Gasteiger partial charge on any atom is 0.175 e. The van der Waals surface area contributed by atoms with Gasteiger partial charge in [0.15, 0.2) is 8.68 Å². The molecule has 3 nitrogen and oxygen atoms in total. The zero-order valence-electron chi connectivity index (χ0n) is 8.43. The third-order valence-corrected chi connectivity index (χ3v) is 5.60. The average Bonchev–Trinajstić information content (AvgIpc) is 2.69. The minimum Gasteiger partial charge on any atom is -0.298 e. The van der Waals surface area contributed by atoms with E-state index in [0.717, 1.165) is 34.4 Å². The molecule has 1 fully saturated rings.